The number of nitrogens with two attached hydrogens (primary N) is 1. The minimum atomic E-state index is -0.746. The van der Waals surface area contributed by atoms with Crippen LogP contribution in [0.25, 0.3) is 0 Å². The Morgan fingerprint density at radius 1 is 1.18 bits per heavy atom. The van der Waals surface area contributed by atoms with Crippen LogP contribution in [0.4, 0.5) is 0 Å². The average molecular weight is 383 g/mol. The molecule has 1 atom stereocenters. The fourth-order valence-electron chi connectivity index (χ4n) is 3.55. The Labute approximate surface area is 166 Å². The minimum absolute atomic E-state index is 0.0725. The molecule has 6 heteroatoms. The molecule has 1 heterocycles. The van der Waals surface area contributed by atoms with Gasteiger partial charge in [-0.15, -0.1) is 0 Å². The molecule has 0 bridgehead atoms. The molecule has 1 unspecified atom stereocenters. The molecule has 6 nitrogen and oxygen atoms in total. The Morgan fingerprint density at radius 2 is 1.89 bits per heavy atom. The number of pyridine rings is 1. The van der Waals surface area contributed by atoms with Crippen LogP contribution in [-0.2, 0) is 11.4 Å². The van der Waals surface area contributed by atoms with Crippen molar-refractivity contribution < 1.29 is 14.3 Å². The summed E-state index contributed by atoms with van der Waals surface area (Å²) in [5.41, 5.74) is 7.57. The van der Waals surface area contributed by atoms with Crippen LogP contribution in [0.5, 0.6) is 11.5 Å². The van der Waals surface area contributed by atoms with E-state index >= 15 is 0 Å². The summed E-state index contributed by atoms with van der Waals surface area (Å²) in [6.45, 7) is 2.39. The number of amides is 1. The van der Waals surface area contributed by atoms with E-state index in [-0.39, 0.29) is 11.9 Å². The molecule has 1 saturated carbocycles. The van der Waals surface area contributed by atoms with Gasteiger partial charge in [0.1, 0.15) is 6.61 Å². The zero-order valence-corrected chi connectivity index (χ0v) is 16.6. The van der Waals surface area contributed by atoms with Gasteiger partial charge in [-0.1, -0.05) is 25.3 Å². The highest BCUT2D eigenvalue weighted by molar-refractivity contribution is 5.86. The van der Waals surface area contributed by atoms with Gasteiger partial charge in [0.15, 0.2) is 11.5 Å². The lowest BCUT2D eigenvalue weighted by molar-refractivity contribution is -0.128. The second-order valence-corrected chi connectivity index (χ2v) is 7.47. The first kappa shape index (κ1) is 20.1. The summed E-state index contributed by atoms with van der Waals surface area (Å²) >= 11 is 0. The lowest BCUT2D eigenvalue weighted by Crippen LogP contribution is -2.55. The van der Waals surface area contributed by atoms with Crippen molar-refractivity contribution in [1.82, 2.24) is 10.3 Å². The molecule has 1 amide bonds. The molecule has 0 spiro atoms. The Bertz CT molecular complexity index is 789. The molecule has 3 rings (SSSR count). The molecule has 0 aliphatic heterocycles. The number of benzene rings is 1. The molecular weight excluding hydrogens is 354 g/mol. The molecule has 0 saturated heterocycles. The molecule has 1 fully saturated rings. The van der Waals surface area contributed by atoms with E-state index in [0.29, 0.717) is 18.1 Å². The van der Waals surface area contributed by atoms with E-state index in [1.807, 2.05) is 37.3 Å². The SMILES string of the molecule is COc1cc(C(C)NC(=O)C2(N)CCCCC2)ccc1OCc1ccncc1. The summed E-state index contributed by atoms with van der Waals surface area (Å²) < 4.78 is 11.4. The zero-order chi connectivity index (χ0) is 20.0. The van der Waals surface area contributed by atoms with Crippen molar-refractivity contribution in [1.29, 1.82) is 0 Å². The van der Waals surface area contributed by atoms with Gasteiger partial charge < -0.3 is 20.5 Å². The van der Waals surface area contributed by atoms with E-state index in [1.165, 1.54) is 0 Å². The predicted octanol–water partition coefficient (Wildman–Crippen LogP) is 3.51. The highest BCUT2D eigenvalue weighted by Crippen LogP contribution is 2.32. The van der Waals surface area contributed by atoms with Gasteiger partial charge in [-0.05, 0) is 55.2 Å². The smallest absolute Gasteiger partial charge is 0.240 e. The fraction of sp³-hybridized carbons (Fsp3) is 0.455. The van der Waals surface area contributed by atoms with Crippen molar-refractivity contribution in [2.75, 3.05) is 7.11 Å². The number of hydrogen-bond acceptors (Lipinski definition) is 5. The zero-order valence-electron chi connectivity index (χ0n) is 16.6. The van der Waals surface area contributed by atoms with E-state index in [9.17, 15) is 4.79 Å². The van der Waals surface area contributed by atoms with Crippen molar-refractivity contribution in [3.63, 3.8) is 0 Å². The second-order valence-electron chi connectivity index (χ2n) is 7.47. The summed E-state index contributed by atoms with van der Waals surface area (Å²) in [6, 6.07) is 9.37. The molecule has 1 aliphatic rings. The third-order valence-electron chi connectivity index (χ3n) is 5.38. The normalized spacial score (nSPS) is 16.8. The Morgan fingerprint density at radius 3 is 2.57 bits per heavy atom. The summed E-state index contributed by atoms with van der Waals surface area (Å²) in [5, 5.41) is 3.07. The molecule has 28 heavy (non-hydrogen) atoms. The number of carbonyl (C=O) groups is 1. The standard InChI is InChI=1S/C22H29N3O3/c1-16(25-21(26)22(23)10-4-3-5-11-22)18-6-7-19(20(14-18)27-2)28-15-17-8-12-24-13-9-17/h6-9,12-14,16H,3-5,10-11,15,23H2,1-2H3,(H,25,26). The number of nitrogens with one attached hydrogen (secondary N) is 1. The lowest BCUT2D eigenvalue weighted by atomic mass is 9.81. The Kier molecular flexibility index (Phi) is 6.52. The third kappa shape index (κ3) is 4.81. The second kappa shape index (κ2) is 9.06. The van der Waals surface area contributed by atoms with Crippen LogP contribution >= 0.6 is 0 Å². The number of rotatable bonds is 7. The van der Waals surface area contributed by atoms with Gasteiger partial charge in [-0.25, -0.2) is 0 Å². The first-order valence-corrected chi connectivity index (χ1v) is 9.81. The van der Waals surface area contributed by atoms with Crippen LogP contribution in [0.1, 0.15) is 56.2 Å². The lowest BCUT2D eigenvalue weighted by Gasteiger charge is -2.33. The Hall–Kier alpha value is -2.60. The summed E-state index contributed by atoms with van der Waals surface area (Å²) in [6.07, 6.45) is 8.14. The van der Waals surface area contributed by atoms with Crippen molar-refractivity contribution >= 4 is 5.91 Å². The maximum atomic E-state index is 12.7. The van der Waals surface area contributed by atoms with Crippen LogP contribution in [0.15, 0.2) is 42.7 Å². The molecule has 2 aromatic rings. The van der Waals surface area contributed by atoms with Gasteiger partial charge in [0.2, 0.25) is 5.91 Å². The quantitative estimate of drug-likeness (QED) is 0.764. The number of aromatic nitrogens is 1. The van der Waals surface area contributed by atoms with Gasteiger partial charge >= 0.3 is 0 Å². The third-order valence-corrected chi connectivity index (χ3v) is 5.38. The van der Waals surface area contributed by atoms with E-state index < -0.39 is 5.54 Å². The van der Waals surface area contributed by atoms with E-state index in [4.69, 9.17) is 15.2 Å². The topological polar surface area (TPSA) is 86.5 Å². The molecular formula is C22H29N3O3. The predicted molar refractivity (Wildman–Crippen MR) is 108 cm³/mol. The van der Waals surface area contributed by atoms with Gasteiger partial charge in [-0.2, -0.15) is 0 Å². The first-order chi connectivity index (χ1) is 13.5. The van der Waals surface area contributed by atoms with Gasteiger partial charge in [-0.3, -0.25) is 9.78 Å². The van der Waals surface area contributed by atoms with Crippen LogP contribution < -0.4 is 20.5 Å². The molecule has 0 radical (unpaired) electrons. The number of carbonyl (C=O) groups excluding carboxylic acids is 1. The van der Waals surface area contributed by atoms with Crippen molar-refractivity contribution in [3.05, 3.63) is 53.9 Å². The van der Waals surface area contributed by atoms with Crippen molar-refractivity contribution in [3.8, 4) is 11.5 Å². The van der Waals surface area contributed by atoms with Crippen molar-refractivity contribution in [2.45, 2.75) is 57.2 Å². The number of nitrogens with zero attached hydrogens (tertiary/aromatic N) is 1. The number of ether oxygens (including phenoxy) is 2. The van der Waals surface area contributed by atoms with E-state index in [2.05, 4.69) is 10.3 Å². The molecule has 1 aromatic carbocycles. The van der Waals surface area contributed by atoms with Crippen molar-refractivity contribution in [2.24, 2.45) is 5.73 Å². The summed E-state index contributed by atoms with van der Waals surface area (Å²) in [7, 11) is 1.61. The largest absolute Gasteiger partial charge is 0.493 e. The monoisotopic (exact) mass is 383 g/mol. The fourth-order valence-corrected chi connectivity index (χ4v) is 3.55. The number of hydrogen-bond donors (Lipinski definition) is 2. The Balaban J connectivity index is 1.65. The molecule has 1 aromatic heterocycles. The molecule has 150 valence electrons. The van der Waals surface area contributed by atoms with E-state index in [0.717, 1.165) is 43.2 Å². The molecule has 1 aliphatic carbocycles. The van der Waals surface area contributed by atoms with Crippen LogP contribution in [0, 0.1) is 0 Å². The molecule has 3 N–H and O–H groups in total. The maximum Gasteiger partial charge on any atom is 0.240 e. The highest BCUT2D eigenvalue weighted by atomic mass is 16.5. The summed E-state index contributed by atoms with van der Waals surface area (Å²) in [4.78, 5) is 16.7. The highest BCUT2D eigenvalue weighted by Gasteiger charge is 2.35. The average Bonchev–Trinajstić information content (AvgIpc) is 2.73. The number of methoxy groups -OCH3 is 1. The van der Waals surface area contributed by atoms with Gasteiger partial charge in [0, 0.05) is 12.4 Å². The van der Waals surface area contributed by atoms with Crippen LogP contribution in [0.2, 0.25) is 0 Å². The van der Waals surface area contributed by atoms with E-state index in [1.54, 1.807) is 19.5 Å². The van der Waals surface area contributed by atoms with Gasteiger partial charge in [0.05, 0.1) is 18.7 Å². The van der Waals surface area contributed by atoms with Gasteiger partial charge in [0.25, 0.3) is 0 Å². The first-order valence-electron chi connectivity index (χ1n) is 9.81. The van der Waals surface area contributed by atoms with Crippen LogP contribution in [-0.4, -0.2) is 23.5 Å². The summed E-state index contributed by atoms with van der Waals surface area (Å²) in [5.74, 6) is 1.22. The van der Waals surface area contributed by atoms with Crippen LogP contribution in [0.3, 0.4) is 0 Å². The maximum absolute atomic E-state index is 12.7. The minimum Gasteiger partial charge on any atom is -0.493 e.